The summed E-state index contributed by atoms with van der Waals surface area (Å²) < 4.78 is 7.25. The summed E-state index contributed by atoms with van der Waals surface area (Å²) in [6.07, 6.45) is 15.5. The van der Waals surface area contributed by atoms with Gasteiger partial charge in [-0.3, -0.25) is 4.79 Å². The second-order valence-electron chi connectivity index (χ2n) is 14.1. The first-order chi connectivity index (χ1) is 15.7. The summed E-state index contributed by atoms with van der Waals surface area (Å²) in [6, 6.07) is 0. The van der Waals surface area contributed by atoms with Crippen LogP contribution in [0.2, 0.25) is 18.1 Å². The molecule has 34 heavy (non-hydrogen) atoms. The maximum absolute atomic E-state index is 13.0. The lowest BCUT2D eigenvalue weighted by Gasteiger charge is -2.64. The standard InChI is InChI=1S/C30H50O3Si/c1-9-10-11-16-30(32)20-22(31)18-21-19-25(33-34(7,8)27(2,3)4)26-23-13-12-15-28(23,5)17-14-24(26)29(21,30)6/h11,16,18,23-26,32H,9-10,12-15,17,19-20H2,1-8H3/t23-,24+,25?,26-,28-,29-,30?/m0/s1. The number of ketones is 1. The van der Waals surface area contributed by atoms with Crippen molar-refractivity contribution in [3.63, 3.8) is 0 Å². The van der Waals surface area contributed by atoms with Gasteiger partial charge in [0.05, 0.1) is 11.7 Å². The van der Waals surface area contributed by atoms with E-state index in [2.05, 4.69) is 60.7 Å². The van der Waals surface area contributed by atoms with Gasteiger partial charge in [0.25, 0.3) is 0 Å². The van der Waals surface area contributed by atoms with E-state index in [4.69, 9.17) is 4.43 Å². The zero-order chi connectivity index (χ0) is 25.2. The fourth-order valence-corrected chi connectivity index (χ4v) is 9.39. The van der Waals surface area contributed by atoms with E-state index in [-0.39, 0.29) is 23.3 Å². The lowest BCUT2D eigenvalue weighted by Crippen LogP contribution is -2.64. The third-order valence-electron chi connectivity index (χ3n) is 11.2. The fraction of sp³-hybridized carbons (Fsp3) is 0.833. The predicted molar refractivity (Wildman–Crippen MR) is 143 cm³/mol. The Balaban J connectivity index is 1.82. The van der Waals surface area contributed by atoms with Crippen LogP contribution >= 0.6 is 0 Å². The summed E-state index contributed by atoms with van der Waals surface area (Å²) in [4.78, 5) is 13.0. The van der Waals surface area contributed by atoms with Gasteiger partial charge in [-0.1, -0.05) is 72.1 Å². The number of hydrogen-bond acceptors (Lipinski definition) is 3. The number of fused-ring (bicyclic) bond motifs is 5. The van der Waals surface area contributed by atoms with Crippen LogP contribution in [0, 0.1) is 28.6 Å². The summed E-state index contributed by atoms with van der Waals surface area (Å²) in [7, 11) is -1.99. The van der Waals surface area contributed by atoms with Crippen LogP contribution in [-0.2, 0) is 9.22 Å². The van der Waals surface area contributed by atoms with Crippen molar-refractivity contribution in [2.75, 3.05) is 0 Å². The molecule has 4 aliphatic carbocycles. The molecule has 0 aliphatic heterocycles. The van der Waals surface area contributed by atoms with Crippen molar-refractivity contribution in [1.29, 1.82) is 0 Å². The van der Waals surface area contributed by atoms with Crippen molar-refractivity contribution in [1.82, 2.24) is 0 Å². The maximum Gasteiger partial charge on any atom is 0.192 e. The van der Waals surface area contributed by atoms with Crippen LogP contribution in [0.4, 0.5) is 0 Å². The number of hydrogen-bond donors (Lipinski definition) is 1. The molecule has 3 nitrogen and oxygen atoms in total. The summed E-state index contributed by atoms with van der Waals surface area (Å²) in [5, 5.41) is 12.4. The number of aliphatic hydroxyl groups is 1. The minimum atomic E-state index is -1.99. The van der Waals surface area contributed by atoms with Crippen molar-refractivity contribution in [3.8, 4) is 0 Å². The van der Waals surface area contributed by atoms with Gasteiger partial charge in [-0.15, -0.1) is 0 Å². The Kier molecular flexibility index (Phi) is 6.74. The SMILES string of the molecule is CCCC=CC1(O)CC(=O)C=C2CC(O[Si](C)(C)C(C)(C)C)[C@@H]3[C@@H](CC[C@]4(C)CCC[C@@H]34)[C@]21C. The lowest BCUT2D eigenvalue weighted by atomic mass is 9.43. The first-order valence-corrected chi connectivity index (χ1v) is 16.9. The molecule has 0 aromatic carbocycles. The fourth-order valence-electron chi connectivity index (χ4n) is 8.03. The normalized spacial score (nSPS) is 42.9. The van der Waals surface area contributed by atoms with Crippen LogP contribution in [0.25, 0.3) is 0 Å². The van der Waals surface area contributed by atoms with Crippen molar-refractivity contribution >= 4 is 14.1 Å². The van der Waals surface area contributed by atoms with Crippen LogP contribution in [0.5, 0.6) is 0 Å². The second kappa shape index (κ2) is 8.70. The molecule has 0 aromatic rings. The zero-order valence-corrected chi connectivity index (χ0v) is 24.2. The van der Waals surface area contributed by atoms with E-state index in [1.54, 1.807) is 0 Å². The van der Waals surface area contributed by atoms with Crippen molar-refractivity contribution in [2.24, 2.45) is 28.6 Å². The van der Waals surface area contributed by atoms with Gasteiger partial charge in [0.2, 0.25) is 0 Å². The molecule has 0 spiro atoms. The van der Waals surface area contributed by atoms with Crippen molar-refractivity contribution < 1.29 is 14.3 Å². The number of carbonyl (C=O) groups is 1. The molecule has 0 radical (unpaired) electrons. The molecule has 3 fully saturated rings. The lowest BCUT2D eigenvalue weighted by molar-refractivity contribution is -0.158. The van der Waals surface area contributed by atoms with Gasteiger partial charge < -0.3 is 9.53 Å². The largest absolute Gasteiger partial charge is 0.413 e. The molecule has 1 N–H and O–H groups in total. The molecule has 7 atom stereocenters. The molecule has 2 unspecified atom stereocenters. The molecule has 4 aliphatic rings. The molecular formula is C30H50O3Si. The first kappa shape index (κ1) is 26.4. The van der Waals surface area contributed by atoms with Crippen molar-refractivity contribution in [3.05, 3.63) is 23.8 Å². The third-order valence-corrected chi connectivity index (χ3v) is 15.7. The Morgan fingerprint density at radius 1 is 1.18 bits per heavy atom. The Bertz CT molecular complexity index is 867. The quantitative estimate of drug-likeness (QED) is 0.321. The molecule has 4 heteroatoms. The summed E-state index contributed by atoms with van der Waals surface area (Å²) in [6.45, 7) is 18.7. The van der Waals surface area contributed by atoms with E-state index in [0.717, 1.165) is 31.3 Å². The van der Waals surface area contributed by atoms with E-state index in [9.17, 15) is 9.90 Å². The van der Waals surface area contributed by atoms with Crippen LogP contribution in [0.15, 0.2) is 23.8 Å². The second-order valence-corrected chi connectivity index (χ2v) is 18.9. The Morgan fingerprint density at radius 3 is 2.53 bits per heavy atom. The van der Waals surface area contributed by atoms with E-state index < -0.39 is 19.3 Å². The molecule has 0 aromatic heterocycles. The molecule has 0 heterocycles. The average molecular weight is 487 g/mol. The topological polar surface area (TPSA) is 46.5 Å². The van der Waals surface area contributed by atoms with Gasteiger partial charge >= 0.3 is 0 Å². The number of rotatable bonds is 5. The van der Waals surface area contributed by atoms with Crippen molar-refractivity contribution in [2.45, 2.75) is 129 Å². The molecule has 0 amide bonds. The first-order valence-electron chi connectivity index (χ1n) is 14.0. The highest BCUT2D eigenvalue weighted by atomic mass is 28.4. The minimum Gasteiger partial charge on any atom is -0.413 e. The maximum atomic E-state index is 13.0. The molecule has 3 saturated carbocycles. The third kappa shape index (κ3) is 4.04. The summed E-state index contributed by atoms with van der Waals surface area (Å²) in [5.74, 6) is 1.53. The highest BCUT2D eigenvalue weighted by Gasteiger charge is 2.65. The van der Waals surface area contributed by atoms with Gasteiger partial charge in [-0.05, 0) is 85.9 Å². The predicted octanol–water partition coefficient (Wildman–Crippen LogP) is 7.61. The molecule has 0 bridgehead atoms. The van der Waals surface area contributed by atoms with Gasteiger partial charge in [0.1, 0.15) is 0 Å². The summed E-state index contributed by atoms with van der Waals surface area (Å²) >= 11 is 0. The van der Waals surface area contributed by atoms with Crippen LogP contribution in [0.3, 0.4) is 0 Å². The summed E-state index contributed by atoms with van der Waals surface area (Å²) in [5.41, 5.74) is 0.0566. The Morgan fingerprint density at radius 2 is 1.88 bits per heavy atom. The molecule has 192 valence electrons. The number of unbranched alkanes of at least 4 members (excludes halogenated alkanes) is 1. The van der Waals surface area contributed by atoms with Crippen LogP contribution < -0.4 is 0 Å². The minimum absolute atomic E-state index is 0.0714. The van der Waals surface area contributed by atoms with E-state index in [0.29, 0.717) is 23.2 Å². The Labute approximate surface area is 209 Å². The zero-order valence-electron chi connectivity index (χ0n) is 23.2. The molecular weight excluding hydrogens is 436 g/mol. The Hall–Kier alpha value is -0.713. The van der Waals surface area contributed by atoms with E-state index in [1.165, 1.54) is 25.7 Å². The van der Waals surface area contributed by atoms with E-state index >= 15 is 0 Å². The van der Waals surface area contributed by atoms with Gasteiger partial charge in [-0.25, -0.2) is 0 Å². The molecule has 4 rings (SSSR count). The molecule has 0 saturated heterocycles. The number of allylic oxidation sites excluding steroid dienone is 1. The highest BCUT2D eigenvalue weighted by Crippen LogP contribution is 2.68. The van der Waals surface area contributed by atoms with Gasteiger partial charge in [0.15, 0.2) is 14.1 Å². The highest BCUT2D eigenvalue weighted by molar-refractivity contribution is 6.74. The van der Waals surface area contributed by atoms with Gasteiger partial charge in [-0.2, -0.15) is 0 Å². The van der Waals surface area contributed by atoms with Crippen LogP contribution in [0.1, 0.15) is 99.3 Å². The monoisotopic (exact) mass is 486 g/mol. The van der Waals surface area contributed by atoms with Crippen LogP contribution in [-0.4, -0.2) is 30.9 Å². The van der Waals surface area contributed by atoms with E-state index in [1.807, 2.05) is 12.2 Å². The smallest absolute Gasteiger partial charge is 0.192 e. The number of carbonyl (C=O) groups excluding carboxylic acids is 1. The van der Waals surface area contributed by atoms with Gasteiger partial charge in [0, 0.05) is 11.8 Å². The average Bonchev–Trinajstić information content (AvgIpc) is 3.10.